The van der Waals surface area contributed by atoms with Crippen LogP contribution >= 0.6 is 0 Å². The molecule has 0 aliphatic rings. The van der Waals surface area contributed by atoms with E-state index < -0.39 is 11.9 Å². The number of carboxylic acid groups (broad SMARTS) is 2. The second-order valence-corrected chi connectivity index (χ2v) is 3.13. The predicted octanol–water partition coefficient (Wildman–Crippen LogP) is -1.82. The molecule has 0 amide bonds. The van der Waals surface area contributed by atoms with Gasteiger partial charge in [0.1, 0.15) is 0 Å². The quantitative estimate of drug-likeness (QED) is 0.584. The van der Waals surface area contributed by atoms with Crippen molar-refractivity contribution in [3.05, 3.63) is 5.82 Å². The fraction of sp³-hybridized carbons (Fsp3) is 0.571. The fourth-order valence-corrected chi connectivity index (χ4v) is 1.14. The molecule has 0 radical (unpaired) electrons. The maximum absolute atomic E-state index is 10.5. The largest absolute Gasteiger partial charge is 0.480 e. The van der Waals surface area contributed by atoms with Crippen molar-refractivity contribution in [1.29, 1.82) is 0 Å². The lowest BCUT2D eigenvalue weighted by molar-refractivity contribution is -0.142. The molecule has 1 aromatic rings. The second-order valence-electron chi connectivity index (χ2n) is 3.13. The average Bonchev–Trinajstić information content (AvgIpc) is 2.48. The van der Waals surface area contributed by atoms with Crippen LogP contribution in [0.25, 0.3) is 0 Å². The third kappa shape index (κ3) is 4.00. The number of aryl methyl sites for hydroxylation is 1. The maximum Gasteiger partial charge on any atom is 0.317 e. The van der Waals surface area contributed by atoms with Gasteiger partial charge in [-0.15, -0.1) is 10.2 Å². The van der Waals surface area contributed by atoms with Gasteiger partial charge in [0, 0.05) is 0 Å². The number of aromatic nitrogens is 4. The predicted molar refractivity (Wildman–Crippen MR) is 49.3 cm³/mol. The molecule has 0 saturated heterocycles. The van der Waals surface area contributed by atoms with E-state index in [-0.39, 0.29) is 25.5 Å². The van der Waals surface area contributed by atoms with Crippen LogP contribution in [0.5, 0.6) is 0 Å². The van der Waals surface area contributed by atoms with Crippen molar-refractivity contribution in [1.82, 2.24) is 25.1 Å². The van der Waals surface area contributed by atoms with Crippen molar-refractivity contribution in [3.8, 4) is 0 Å². The van der Waals surface area contributed by atoms with Gasteiger partial charge in [-0.2, -0.15) is 4.80 Å². The van der Waals surface area contributed by atoms with Gasteiger partial charge in [-0.25, -0.2) is 0 Å². The van der Waals surface area contributed by atoms with Gasteiger partial charge < -0.3 is 10.2 Å². The number of carboxylic acids is 2. The van der Waals surface area contributed by atoms with Crippen molar-refractivity contribution in [2.24, 2.45) is 7.05 Å². The molecule has 0 aliphatic carbocycles. The molecular weight excluding hydrogens is 218 g/mol. The van der Waals surface area contributed by atoms with E-state index in [0.717, 1.165) is 0 Å². The van der Waals surface area contributed by atoms with Crippen LogP contribution in [0.2, 0.25) is 0 Å². The van der Waals surface area contributed by atoms with Crippen molar-refractivity contribution in [3.63, 3.8) is 0 Å². The Morgan fingerprint density at radius 3 is 2.25 bits per heavy atom. The summed E-state index contributed by atoms with van der Waals surface area (Å²) in [6.45, 7) is -0.735. The molecule has 0 spiro atoms. The number of tetrazole rings is 1. The van der Waals surface area contributed by atoms with Crippen LogP contribution in [0.1, 0.15) is 5.82 Å². The zero-order valence-corrected chi connectivity index (χ0v) is 8.57. The van der Waals surface area contributed by atoms with Gasteiger partial charge in [-0.1, -0.05) is 0 Å². The van der Waals surface area contributed by atoms with Crippen LogP contribution in [0.15, 0.2) is 0 Å². The lowest BCUT2D eigenvalue weighted by Crippen LogP contribution is -2.34. The van der Waals surface area contributed by atoms with E-state index in [0.29, 0.717) is 0 Å². The van der Waals surface area contributed by atoms with Crippen molar-refractivity contribution < 1.29 is 19.8 Å². The molecule has 16 heavy (non-hydrogen) atoms. The first kappa shape index (κ1) is 12.0. The lowest BCUT2D eigenvalue weighted by atomic mass is 10.4. The molecule has 0 atom stereocenters. The van der Waals surface area contributed by atoms with Gasteiger partial charge in [0.2, 0.25) is 0 Å². The topological polar surface area (TPSA) is 121 Å². The number of carbonyl (C=O) groups is 2. The first-order chi connectivity index (χ1) is 7.47. The molecule has 0 unspecified atom stereocenters. The summed E-state index contributed by atoms with van der Waals surface area (Å²) in [7, 11) is 1.56. The molecule has 0 aliphatic heterocycles. The van der Waals surface area contributed by atoms with E-state index in [1.807, 2.05) is 0 Å². The van der Waals surface area contributed by atoms with Crippen molar-refractivity contribution in [2.75, 3.05) is 13.1 Å². The molecule has 1 rings (SSSR count). The highest BCUT2D eigenvalue weighted by Crippen LogP contribution is 1.96. The van der Waals surface area contributed by atoms with Gasteiger partial charge >= 0.3 is 11.9 Å². The highest BCUT2D eigenvalue weighted by molar-refractivity contribution is 5.72. The van der Waals surface area contributed by atoms with Crippen molar-refractivity contribution >= 4 is 11.9 Å². The van der Waals surface area contributed by atoms with Crippen LogP contribution in [0, 0.1) is 0 Å². The van der Waals surface area contributed by atoms with Crippen LogP contribution in [-0.4, -0.2) is 60.3 Å². The second kappa shape index (κ2) is 5.16. The Morgan fingerprint density at radius 1 is 1.31 bits per heavy atom. The number of hydrogen-bond donors (Lipinski definition) is 2. The molecule has 1 aromatic heterocycles. The summed E-state index contributed by atoms with van der Waals surface area (Å²) in [5.41, 5.74) is 0. The maximum atomic E-state index is 10.5. The highest BCUT2D eigenvalue weighted by Gasteiger charge is 2.15. The zero-order chi connectivity index (χ0) is 12.1. The monoisotopic (exact) mass is 229 g/mol. The molecule has 1 heterocycles. The normalized spacial score (nSPS) is 10.6. The summed E-state index contributed by atoms with van der Waals surface area (Å²) in [5.74, 6) is -1.93. The van der Waals surface area contributed by atoms with E-state index in [9.17, 15) is 9.59 Å². The Labute approximate surface area is 90.3 Å². The van der Waals surface area contributed by atoms with E-state index in [1.54, 1.807) is 7.05 Å². The molecule has 0 bridgehead atoms. The standard InChI is InChI=1S/C7H11N5O4/c1-11-9-5(8-10-11)2-12(3-6(13)14)4-7(15)16/h2-4H2,1H3,(H,13,14)(H,15,16). The highest BCUT2D eigenvalue weighted by atomic mass is 16.4. The summed E-state index contributed by atoms with van der Waals surface area (Å²) in [4.78, 5) is 23.4. The summed E-state index contributed by atoms with van der Waals surface area (Å²) in [5, 5.41) is 28.2. The SMILES string of the molecule is Cn1nnc(CN(CC(=O)O)CC(=O)O)n1. The summed E-state index contributed by atoms with van der Waals surface area (Å²) in [6, 6.07) is 0. The fourth-order valence-electron chi connectivity index (χ4n) is 1.14. The Morgan fingerprint density at radius 2 is 1.88 bits per heavy atom. The van der Waals surface area contributed by atoms with E-state index in [2.05, 4.69) is 15.4 Å². The minimum atomic E-state index is -1.11. The number of hydrogen-bond acceptors (Lipinski definition) is 6. The van der Waals surface area contributed by atoms with Crippen LogP contribution in [-0.2, 0) is 23.2 Å². The molecular formula is C7H11N5O4. The Bertz CT molecular complexity index is 374. The minimum Gasteiger partial charge on any atom is -0.480 e. The lowest BCUT2D eigenvalue weighted by Gasteiger charge is -2.14. The molecule has 2 N–H and O–H groups in total. The van der Waals surface area contributed by atoms with Crippen LogP contribution < -0.4 is 0 Å². The summed E-state index contributed by atoms with van der Waals surface area (Å²) < 4.78 is 0. The number of aliphatic carboxylic acids is 2. The zero-order valence-electron chi connectivity index (χ0n) is 8.57. The number of rotatable bonds is 6. The van der Waals surface area contributed by atoms with Crippen molar-refractivity contribution in [2.45, 2.75) is 6.54 Å². The smallest absolute Gasteiger partial charge is 0.317 e. The van der Waals surface area contributed by atoms with Gasteiger partial charge in [-0.3, -0.25) is 14.5 Å². The Hall–Kier alpha value is -2.03. The van der Waals surface area contributed by atoms with Crippen LogP contribution in [0.4, 0.5) is 0 Å². The third-order valence-corrected chi connectivity index (χ3v) is 1.63. The van der Waals surface area contributed by atoms with Crippen LogP contribution in [0.3, 0.4) is 0 Å². The third-order valence-electron chi connectivity index (χ3n) is 1.63. The van der Waals surface area contributed by atoms with E-state index in [1.165, 1.54) is 9.70 Å². The van der Waals surface area contributed by atoms with Gasteiger partial charge in [0.15, 0.2) is 5.82 Å². The molecule has 88 valence electrons. The summed E-state index contributed by atoms with van der Waals surface area (Å²) >= 11 is 0. The Balaban J connectivity index is 2.62. The molecule has 0 saturated carbocycles. The van der Waals surface area contributed by atoms with Gasteiger partial charge in [0.05, 0.1) is 26.7 Å². The molecule has 9 nitrogen and oxygen atoms in total. The van der Waals surface area contributed by atoms with Gasteiger partial charge in [-0.05, 0) is 5.21 Å². The van der Waals surface area contributed by atoms with E-state index >= 15 is 0 Å². The molecule has 9 heteroatoms. The molecule has 0 fully saturated rings. The molecule has 0 aromatic carbocycles. The number of nitrogens with zero attached hydrogens (tertiary/aromatic N) is 5. The first-order valence-electron chi connectivity index (χ1n) is 4.36. The minimum absolute atomic E-state index is 0.0342. The van der Waals surface area contributed by atoms with E-state index in [4.69, 9.17) is 10.2 Å². The Kier molecular flexibility index (Phi) is 3.89. The summed E-state index contributed by atoms with van der Waals surface area (Å²) in [6.07, 6.45) is 0. The first-order valence-corrected chi connectivity index (χ1v) is 4.36. The van der Waals surface area contributed by atoms with Gasteiger partial charge in [0.25, 0.3) is 0 Å². The average molecular weight is 229 g/mol.